The van der Waals surface area contributed by atoms with E-state index in [1.165, 1.54) is 13.0 Å². The Balaban J connectivity index is 2.43. The van der Waals surface area contributed by atoms with Gasteiger partial charge >= 0.3 is 0 Å². The molecule has 0 aromatic rings. The lowest BCUT2D eigenvalue weighted by Crippen LogP contribution is -2.55. The van der Waals surface area contributed by atoms with Gasteiger partial charge in [-0.25, -0.2) is 0 Å². The lowest BCUT2D eigenvalue weighted by atomic mass is 9.96. The molecule has 0 N–H and O–H groups in total. The van der Waals surface area contributed by atoms with Crippen molar-refractivity contribution in [2.24, 2.45) is 5.92 Å². The van der Waals surface area contributed by atoms with Crippen LogP contribution in [0.3, 0.4) is 0 Å². The van der Waals surface area contributed by atoms with Gasteiger partial charge in [-0.1, -0.05) is 13.8 Å². The zero-order valence-electron chi connectivity index (χ0n) is 15.5. The van der Waals surface area contributed by atoms with E-state index in [-0.39, 0.29) is 5.60 Å². The molecule has 22 heavy (non-hydrogen) atoms. The number of piperazine rings is 1. The number of hydrogen-bond acceptors (Lipinski definition) is 4. The lowest BCUT2D eigenvalue weighted by molar-refractivity contribution is -0.0244. The van der Waals surface area contributed by atoms with Crippen LogP contribution in [0.25, 0.3) is 0 Å². The highest BCUT2D eigenvalue weighted by atomic mass is 16.5. The number of nitriles is 1. The maximum Gasteiger partial charge on any atom is 0.108 e. The predicted octanol–water partition coefficient (Wildman–Crippen LogP) is 3.14. The Kier molecular flexibility index (Phi) is 7.31. The van der Waals surface area contributed by atoms with E-state index in [4.69, 9.17) is 4.74 Å². The molecule has 1 saturated heterocycles. The summed E-state index contributed by atoms with van der Waals surface area (Å²) in [6.07, 6.45) is 2.03. The quantitative estimate of drug-likeness (QED) is 0.724. The van der Waals surface area contributed by atoms with Crippen molar-refractivity contribution in [1.29, 1.82) is 5.26 Å². The van der Waals surface area contributed by atoms with Crippen LogP contribution in [-0.4, -0.2) is 60.3 Å². The second-order valence-corrected chi connectivity index (χ2v) is 8.11. The van der Waals surface area contributed by atoms with Crippen molar-refractivity contribution < 1.29 is 4.74 Å². The summed E-state index contributed by atoms with van der Waals surface area (Å²) >= 11 is 0. The van der Waals surface area contributed by atoms with Crippen molar-refractivity contribution in [1.82, 2.24) is 9.80 Å². The first kappa shape index (κ1) is 19.4. The van der Waals surface area contributed by atoms with Gasteiger partial charge in [0.2, 0.25) is 0 Å². The fraction of sp³-hybridized carbons (Fsp3) is 0.944. The topological polar surface area (TPSA) is 39.5 Å². The van der Waals surface area contributed by atoms with Gasteiger partial charge in [0.15, 0.2) is 0 Å². The Hall–Kier alpha value is -0.630. The summed E-state index contributed by atoms with van der Waals surface area (Å²) < 4.78 is 5.82. The molecule has 0 aromatic heterocycles. The zero-order valence-corrected chi connectivity index (χ0v) is 15.5. The second-order valence-electron chi connectivity index (χ2n) is 8.11. The summed E-state index contributed by atoms with van der Waals surface area (Å²) in [5.41, 5.74) is -0.540. The molecule has 1 unspecified atom stereocenters. The summed E-state index contributed by atoms with van der Waals surface area (Å²) in [7, 11) is 0. The molecule has 1 fully saturated rings. The molecule has 128 valence electrons. The summed E-state index contributed by atoms with van der Waals surface area (Å²) in [6, 6.07) is 2.53. The third-order valence-corrected chi connectivity index (χ3v) is 4.46. The second kappa shape index (κ2) is 8.29. The van der Waals surface area contributed by atoms with Gasteiger partial charge in [-0.3, -0.25) is 4.90 Å². The molecule has 1 heterocycles. The van der Waals surface area contributed by atoms with Crippen molar-refractivity contribution in [3.05, 3.63) is 0 Å². The molecule has 1 aliphatic heterocycles. The molecule has 4 heteroatoms. The van der Waals surface area contributed by atoms with Crippen molar-refractivity contribution >= 4 is 0 Å². The van der Waals surface area contributed by atoms with Crippen LogP contribution < -0.4 is 0 Å². The van der Waals surface area contributed by atoms with E-state index in [1.54, 1.807) is 0 Å². The van der Waals surface area contributed by atoms with Crippen LogP contribution in [0, 0.1) is 17.2 Å². The van der Waals surface area contributed by atoms with Gasteiger partial charge in [0.1, 0.15) is 5.54 Å². The first-order valence-corrected chi connectivity index (χ1v) is 8.69. The Labute approximate surface area is 137 Å². The standard InChI is InChI=1S/C18H35N3O/c1-16(2)7-9-20-10-12-21(13-11-20)18(6,15-19)8-14-22-17(3,4)5/h16H,7-14H2,1-6H3. The fourth-order valence-corrected chi connectivity index (χ4v) is 2.75. The summed E-state index contributed by atoms with van der Waals surface area (Å²) in [6.45, 7) is 18.7. The monoisotopic (exact) mass is 309 g/mol. The average Bonchev–Trinajstić information content (AvgIpc) is 2.44. The first-order valence-electron chi connectivity index (χ1n) is 8.69. The van der Waals surface area contributed by atoms with Crippen LogP contribution in [-0.2, 0) is 4.74 Å². The van der Waals surface area contributed by atoms with Crippen molar-refractivity contribution in [3.8, 4) is 6.07 Å². The minimum atomic E-state index is -0.407. The minimum absolute atomic E-state index is 0.133. The Bertz CT molecular complexity index is 362. The SMILES string of the molecule is CC(C)CCN1CCN(C(C)(C#N)CCOC(C)(C)C)CC1. The molecule has 4 nitrogen and oxygen atoms in total. The van der Waals surface area contributed by atoms with Crippen molar-refractivity contribution in [2.75, 3.05) is 39.3 Å². The normalized spacial score (nSPS) is 20.8. The van der Waals surface area contributed by atoms with E-state index >= 15 is 0 Å². The Morgan fingerprint density at radius 1 is 1.09 bits per heavy atom. The molecule has 1 atom stereocenters. The van der Waals surface area contributed by atoms with Crippen LogP contribution in [0.1, 0.15) is 54.4 Å². The van der Waals surface area contributed by atoms with Crippen LogP contribution in [0.5, 0.6) is 0 Å². The van der Waals surface area contributed by atoms with Gasteiger partial charge in [-0.05, 0) is 46.6 Å². The van der Waals surface area contributed by atoms with Gasteiger partial charge in [-0.2, -0.15) is 5.26 Å². The average molecular weight is 309 g/mol. The third-order valence-electron chi connectivity index (χ3n) is 4.46. The van der Waals surface area contributed by atoms with Gasteiger partial charge in [0, 0.05) is 32.6 Å². The van der Waals surface area contributed by atoms with Gasteiger partial charge in [0.05, 0.1) is 18.3 Å². The molecule has 0 saturated carbocycles. The number of rotatable bonds is 7. The molecule has 0 bridgehead atoms. The molecular formula is C18H35N3O. The maximum absolute atomic E-state index is 9.65. The van der Waals surface area contributed by atoms with Crippen LogP contribution in [0.4, 0.5) is 0 Å². The van der Waals surface area contributed by atoms with Gasteiger partial charge in [0.25, 0.3) is 0 Å². The Morgan fingerprint density at radius 3 is 2.14 bits per heavy atom. The predicted molar refractivity (Wildman–Crippen MR) is 91.8 cm³/mol. The van der Waals surface area contributed by atoms with E-state index in [1.807, 2.05) is 0 Å². The molecule has 1 rings (SSSR count). The van der Waals surface area contributed by atoms with Crippen molar-refractivity contribution in [2.45, 2.75) is 65.5 Å². The van der Waals surface area contributed by atoms with E-state index < -0.39 is 5.54 Å². The lowest BCUT2D eigenvalue weighted by Gasteiger charge is -2.42. The number of nitrogens with zero attached hydrogens (tertiary/aromatic N) is 3. The first-order chi connectivity index (χ1) is 10.2. The third kappa shape index (κ3) is 6.64. The maximum atomic E-state index is 9.65. The molecule has 0 radical (unpaired) electrons. The summed E-state index contributed by atoms with van der Waals surface area (Å²) in [5, 5.41) is 9.65. The Morgan fingerprint density at radius 2 is 1.68 bits per heavy atom. The van der Waals surface area contributed by atoms with E-state index in [2.05, 4.69) is 57.4 Å². The van der Waals surface area contributed by atoms with Gasteiger partial charge < -0.3 is 9.64 Å². The molecule has 0 aliphatic carbocycles. The minimum Gasteiger partial charge on any atom is -0.376 e. The van der Waals surface area contributed by atoms with Crippen molar-refractivity contribution in [3.63, 3.8) is 0 Å². The summed E-state index contributed by atoms with van der Waals surface area (Å²) in [5.74, 6) is 0.761. The molecule has 0 spiro atoms. The van der Waals surface area contributed by atoms with Crippen LogP contribution in [0.15, 0.2) is 0 Å². The van der Waals surface area contributed by atoms with Gasteiger partial charge in [-0.15, -0.1) is 0 Å². The van der Waals surface area contributed by atoms with E-state index in [0.717, 1.165) is 38.5 Å². The van der Waals surface area contributed by atoms with Crippen LogP contribution in [0.2, 0.25) is 0 Å². The summed E-state index contributed by atoms with van der Waals surface area (Å²) in [4.78, 5) is 4.87. The smallest absolute Gasteiger partial charge is 0.108 e. The van der Waals surface area contributed by atoms with Crippen LogP contribution >= 0.6 is 0 Å². The molecule has 0 amide bonds. The molecule has 1 aliphatic rings. The highest BCUT2D eigenvalue weighted by Crippen LogP contribution is 2.22. The number of hydrogen-bond donors (Lipinski definition) is 0. The zero-order chi connectivity index (χ0) is 16.8. The van der Waals surface area contributed by atoms with E-state index in [0.29, 0.717) is 6.61 Å². The molecular weight excluding hydrogens is 274 g/mol. The number of ether oxygens (including phenoxy) is 1. The largest absolute Gasteiger partial charge is 0.376 e. The highest BCUT2D eigenvalue weighted by molar-refractivity contribution is 5.06. The highest BCUT2D eigenvalue weighted by Gasteiger charge is 2.34. The fourth-order valence-electron chi connectivity index (χ4n) is 2.75. The van der Waals surface area contributed by atoms with E-state index in [9.17, 15) is 5.26 Å². The molecule has 0 aromatic carbocycles.